The first kappa shape index (κ1) is 34.7. The molecule has 1 saturated heterocycles. The van der Waals surface area contributed by atoms with Crippen LogP contribution in [0.1, 0.15) is 94.1 Å². The van der Waals surface area contributed by atoms with E-state index in [2.05, 4.69) is 139 Å². The van der Waals surface area contributed by atoms with E-state index in [1.54, 1.807) is 33.4 Å². The van der Waals surface area contributed by atoms with Gasteiger partial charge in [0, 0.05) is 0 Å². The maximum Gasteiger partial charge on any atom is -0.147 e. The molecule has 0 N–H and O–H groups in total. The number of allylic oxidation sites excluding steroid dienone is 2. The van der Waals surface area contributed by atoms with Crippen LogP contribution in [0.5, 0.6) is 0 Å². The predicted octanol–water partition coefficient (Wildman–Crippen LogP) is 13.7. The normalized spacial score (nSPS) is 25.3. The Morgan fingerprint density at radius 1 is 0.532 bits per heavy atom. The van der Waals surface area contributed by atoms with Gasteiger partial charge in [-0.15, -0.1) is 24.8 Å². The Morgan fingerprint density at radius 2 is 0.915 bits per heavy atom. The summed E-state index contributed by atoms with van der Waals surface area (Å²) in [4.78, 5) is 0. The quantitative estimate of drug-likeness (QED) is 0.170. The summed E-state index contributed by atoms with van der Waals surface area (Å²) in [5.41, 5.74) is 18.3. The number of fused-ring (bicyclic) bond motifs is 3. The van der Waals surface area contributed by atoms with Crippen molar-refractivity contribution in [2.45, 2.75) is 81.9 Å². The third kappa shape index (κ3) is 5.43. The van der Waals surface area contributed by atoms with Gasteiger partial charge in [0.15, 0.2) is 0 Å². The fourth-order valence-corrected chi connectivity index (χ4v) is 46.5. The summed E-state index contributed by atoms with van der Waals surface area (Å²) in [7, 11) is 0. The van der Waals surface area contributed by atoms with Crippen LogP contribution < -0.4 is 0 Å². The average Bonchev–Trinajstić information content (AvgIpc) is 3.32. The first-order chi connectivity index (χ1) is 21.8. The van der Waals surface area contributed by atoms with E-state index in [1.165, 1.54) is 59.1 Å². The molecule has 0 bridgehead atoms. The SMILES string of the molecule is Cc1ccc(-c2cccc3c2C=C(C(C)C)[CH]3[Hf]2([CH]3C(C(C)C)=Cc4c(-c5ccc(C)cc5)cccc43)[CH]3CCCC[CH]32)cc1.Cl.Cl. The molecule has 4 aliphatic rings. The van der Waals surface area contributed by atoms with Crippen molar-refractivity contribution in [1.82, 2.24) is 0 Å². The Kier molecular flexibility index (Phi) is 9.78. The molecule has 1 aliphatic heterocycles. The van der Waals surface area contributed by atoms with Gasteiger partial charge < -0.3 is 0 Å². The second-order valence-corrected chi connectivity index (χ2v) is 32.0. The third-order valence-electron chi connectivity index (χ3n) is 12.2. The molecule has 4 atom stereocenters. The number of benzene rings is 4. The smallest absolute Gasteiger partial charge is 0.147 e. The molecule has 244 valence electrons. The van der Waals surface area contributed by atoms with E-state index in [-0.39, 0.29) is 24.8 Å². The molecule has 2 fully saturated rings. The van der Waals surface area contributed by atoms with Crippen molar-refractivity contribution >= 4 is 37.0 Å². The minimum Gasteiger partial charge on any atom is -0.147 e. The standard InChI is InChI=1S/2C19H19.C6H10.2ClH.Hf/c2*1-13(2)17-11-16-5-4-6-18(19(16)12-17)15-9-7-14(3)8-10-15;1-2-4-6-5-3-1;;;/h2*4-13H,1-3H3;1-2H,3-6H2;2*1H;. The van der Waals surface area contributed by atoms with Crippen LogP contribution >= 0.6 is 24.8 Å². The van der Waals surface area contributed by atoms with Gasteiger partial charge in [-0.1, -0.05) is 0 Å². The molecular formula is C44H50Cl2Hf. The van der Waals surface area contributed by atoms with Crippen LogP contribution in [0.2, 0.25) is 7.35 Å². The first-order valence-corrected chi connectivity index (χ1v) is 25.9. The van der Waals surface area contributed by atoms with Crippen molar-refractivity contribution < 1.29 is 20.0 Å². The second-order valence-electron chi connectivity index (χ2n) is 15.3. The van der Waals surface area contributed by atoms with Crippen LogP contribution in [-0.2, 0) is 20.0 Å². The monoisotopic (exact) mass is 828 g/mol. The van der Waals surface area contributed by atoms with Gasteiger partial charge in [0.05, 0.1) is 0 Å². The molecule has 1 saturated carbocycles. The van der Waals surface area contributed by atoms with Gasteiger partial charge in [-0.2, -0.15) is 0 Å². The van der Waals surface area contributed by atoms with Gasteiger partial charge >= 0.3 is 278 Å². The number of halogens is 2. The van der Waals surface area contributed by atoms with Crippen LogP contribution in [0.25, 0.3) is 34.4 Å². The maximum absolute atomic E-state index is 3.24. The van der Waals surface area contributed by atoms with Crippen molar-refractivity contribution in [3.05, 3.63) is 129 Å². The van der Waals surface area contributed by atoms with Crippen molar-refractivity contribution in [2.24, 2.45) is 11.8 Å². The molecular weight excluding hydrogens is 778 g/mol. The van der Waals surface area contributed by atoms with Crippen LogP contribution in [-0.4, -0.2) is 0 Å². The number of rotatable bonds is 6. The summed E-state index contributed by atoms with van der Waals surface area (Å²) in [6, 6.07) is 33.2. The number of hydrogen-bond acceptors (Lipinski definition) is 0. The largest absolute Gasteiger partial charge is 0.147 e. The summed E-state index contributed by atoms with van der Waals surface area (Å²) in [5.74, 6) is 1.14. The van der Waals surface area contributed by atoms with E-state index < -0.39 is 20.0 Å². The molecule has 0 radical (unpaired) electrons. The zero-order chi connectivity index (χ0) is 31.0. The third-order valence-corrected chi connectivity index (χ3v) is 36.8. The van der Waals surface area contributed by atoms with Crippen LogP contribution in [0, 0.1) is 25.7 Å². The van der Waals surface area contributed by atoms with E-state index in [9.17, 15) is 0 Å². The molecule has 3 aliphatic carbocycles. The van der Waals surface area contributed by atoms with Gasteiger partial charge in [0.2, 0.25) is 0 Å². The molecule has 47 heavy (non-hydrogen) atoms. The van der Waals surface area contributed by atoms with Gasteiger partial charge in [-0.05, 0) is 0 Å². The summed E-state index contributed by atoms with van der Waals surface area (Å²) in [5, 5.41) is 0. The van der Waals surface area contributed by atoms with Crippen molar-refractivity contribution in [3.63, 3.8) is 0 Å². The molecule has 0 aromatic heterocycles. The van der Waals surface area contributed by atoms with Gasteiger partial charge in [-0.25, -0.2) is 0 Å². The van der Waals surface area contributed by atoms with Crippen LogP contribution in [0.3, 0.4) is 0 Å². The Bertz CT molecular complexity index is 1710. The van der Waals surface area contributed by atoms with Crippen molar-refractivity contribution in [1.29, 1.82) is 0 Å². The van der Waals surface area contributed by atoms with E-state index in [0.29, 0.717) is 19.2 Å². The van der Waals surface area contributed by atoms with Gasteiger partial charge in [0.25, 0.3) is 0 Å². The minimum absolute atomic E-state index is 0. The molecule has 8 rings (SSSR count). The summed E-state index contributed by atoms with van der Waals surface area (Å²) < 4.78 is 3.39. The Labute approximate surface area is 300 Å². The van der Waals surface area contributed by atoms with Crippen LogP contribution in [0.4, 0.5) is 0 Å². The Morgan fingerprint density at radius 3 is 1.28 bits per heavy atom. The summed E-state index contributed by atoms with van der Waals surface area (Å²) in [6.07, 6.45) is 11.2. The zero-order valence-corrected chi connectivity index (χ0v) is 34.1. The molecule has 0 amide bonds. The molecule has 4 aromatic carbocycles. The fraction of sp³-hybridized carbons (Fsp3) is 0.364. The molecule has 4 unspecified atom stereocenters. The van der Waals surface area contributed by atoms with Gasteiger partial charge in [-0.3, -0.25) is 0 Å². The second kappa shape index (κ2) is 13.3. The summed E-state index contributed by atoms with van der Waals surface area (Å²) >= 11 is -3.24. The topological polar surface area (TPSA) is 0 Å². The molecule has 3 heteroatoms. The molecule has 1 heterocycles. The van der Waals surface area contributed by atoms with E-state index in [4.69, 9.17) is 0 Å². The van der Waals surface area contributed by atoms with E-state index in [0.717, 1.165) is 7.35 Å². The predicted molar refractivity (Wildman–Crippen MR) is 205 cm³/mol. The van der Waals surface area contributed by atoms with Crippen molar-refractivity contribution in [2.75, 3.05) is 0 Å². The van der Waals surface area contributed by atoms with E-state index in [1.807, 2.05) is 0 Å². The number of aryl methyl sites for hydroxylation is 2. The first-order valence-electron chi connectivity index (χ1n) is 17.6. The molecule has 0 nitrogen and oxygen atoms in total. The van der Waals surface area contributed by atoms with Crippen molar-refractivity contribution in [3.8, 4) is 22.3 Å². The van der Waals surface area contributed by atoms with Gasteiger partial charge in [0.1, 0.15) is 0 Å². The maximum atomic E-state index is 2.70. The average molecular weight is 828 g/mol. The molecule has 4 aromatic rings. The Balaban J connectivity index is 0.00000193. The zero-order valence-electron chi connectivity index (χ0n) is 28.8. The Hall–Kier alpha value is -2.19. The fourth-order valence-electron chi connectivity index (χ4n) is 10.2. The minimum atomic E-state index is -3.24. The number of hydrogen-bond donors (Lipinski definition) is 0. The molecule has 0 spiro atoms. The van der Waals surface area contributed by atoms with E-state index >= 15 is 0 Å². The summed E-state index contributed by atoms with van der Waals surface area (Å²) in [6.45, 7) is 14.3. The van der Waals surface area contributed by atoms with Crippen LogP contribution in [0.15, 0.2) is 96.1 Å².